The summed E-state index contributed by atoms with van der Waals surface area (Å²) < 4.78 is 0. The third kappa shape index (κ3) is 4.71. The van der Waals surface area contributed by atoms with Crippen LogP contribution in [0.2, 0.25) is 0 Å². The van der Waals surface area contributed by atoms with Gasteiger partial charge in [0.2, 0.25) is 0 Å². The molecule has 1 aliphatic rings. The number of likely N-dealkylation sites (tertiary alicyclic amines) is 1. The van der Waals surface area contributed by atoms with E-state index >= 15 is 0 Å². The molecular weight excluding hydrogens is 330 g/mol. The van der Waals surface area contributed by atoms with Crippen LogP contribution in [-0.2, 0) is 6.54 Å². The molecule has 0 radical (unpaired) electrons. The lowest BCUT2D eigenvalue weighted by molar-refractivity contribution is 0.328. The van der Waals surface area contributed by atoms with Gasteiger partial charge in [-0.1, -0.05) is 43.8 Å². The molecule has 1 aliphatic heterocycles. The second kappa shape index (κ2) is 8.84. The third-order valence-corrected chi connectivity index (χ3v) is 4.53. The molecule has 1 aromatic heterocycles. The fourth-order valence-corrected chi connectivity index (χ4v) is 3.34. The first-order valence-electron chi connectivity index (χ1n) is 8.23. The molecule has 132 valence electrons. The van der Waals surface area contributed by atoms with Crippen molar-refractivity contribution < 1.29 is 0 Å². The van der Waals surface area contributed by atoms with Crippen molar-refractivity contribution in [1.29, 1.82) is 0 Å². The second-order valence-electron chi connectivity index (χ2n) is 6.29. The Bertz CT molecular complexity index is 791. The van der Waals surface area contributed by atoms with Gasteiger partial charge in [-0.05, 0) is 35.6 Å². The average Bonchev–Trinajstić information content (AvgIpc) is 3.02. The predicted octanol–water partition coefficient (Wildman–Crippen LogP) is 4.98. The maximum atomic E-state index is 4.17. The Kier molecular flexibility index (Phi) is 6.80. The smallest absolute Gasteiger partial charge is 0.0400 e. The highest BCUT2D eigenvalue weighted by Crippen LogP contribution is 2.21. The van der Waals surface area contributed by atoms with Crippen molar-refractivity contribution in [3.63, 3.8) is 0 Å². The fourth-order valence-electron chi connectivity index (χ4n) is 3.34. The van der Waals surface area contributed by atoms with Crippen molar-refractivity contribution >= 4 is 28.9 Å². The minimum absolute atomic E-state index is 0. The quantitative estimate of drug-likeness (QED) is 0.715. The number of fused-ring (bicyclic) bond motifs is 1. The summed E-state index contributed by atoms with van der Waals surface area (Å²) in [6.07, 6.45) is 4.96. The first-order valence-corrected chi connectivity index (χ1v) is 8.23. The molecule has 0 spiro atoms. The van der Waals surface area contributed by atoms with Crippen molar-refractivity contribution in [2.24, 2.45) is 0 Å². The van der Waals surface area contributed by atoms with Gasteiger partial charge in [-0.25, -0.2) is 0 Å². The summed E-state index contributed by atoms with van der Waals surface area (Å²) in [6, 6.07) is 19.8. The zero-order valence-electron chi connectivity index (χ0n) is 13.6. The summed E-state index contributed by atoms with van der Waals surface area (Å²) in [5, 5.41) is 6.12. The average molecular weight is 356 g/mol. The Labute approximate surface area is 156 Å². The van der Waals surface area contributed by atoms with Gasteiger partial charge in [0.25, 0.3) is 0 Å². The molecule has 0 unspecified atom stereocenters. The number of halogens is 1. The van der Waals surface area contributed by atoms with E-state index < -0.39 is 0 Å². The van der Waals surface area contributed by atoms with Gasteiger partial charge >= 0.3 is 0 Å². The zero-order valence-corrected chi connectivity index (χ0v) is 14.4. The molecule has 25 heavy (non-hydrogen) atoms. The van der Waals surface area contributed by atoms with Crippen molar-refractivity contribution in [3.05, 3.63) is 72.6 Å². The Balaban J connectivity index is 0.00000113. The molecule has 3 nitrogen and oxygen atoms in total. The van der Waals surface area contributed by atoms with Crippen molar-refractivity contribution in [3.8, 4) is 0 Å². The summed E-state index contributed by atoms with van der Waals surface area (Å²) in [6.45, 7) is 3.30. The Morgan fingerprint density at radius 2 is 1.88 bits per heavy atom. The first-order chi connectivity index (χ1) is 11.4. The summed E-state index contributed by atoms with van der Waals surface area (Å²) in [5.41, 5.74) is 2.60. The highest BCUT2D eigenvalue weighted by molar-refractivity contribution is 5.85. The molecule has 0 bridgehead atoms. The lowest BCUT2D eigenvalue weighted by Crippen LogP contribution is -2.25. The number of pyridine rings is 1. The molecule has 1 fully saturated rings. The number of hydrogen-bond acceptors (Lipinski definition) is 3. The van der Waals surface area contributed by atoms with Gasteiger partial charge in [-0.2, -0.15) is 0 Å². The van der Waals surface area contributed by atoms with E-state index in [-0.39, 0.29) is 19.8 Å². The van der Waals surface area contributed by atoms with Crippen molar-refractivity contribution in [2.75, 3.05) is 18.4 Å². The molecule has 1 saturated heterocycles. The lowest BCUT2D eigenvalue weighted by atomic mass is 10.1. The number of nitrogens with zero attached hydrogens (tertiary/aromatic N) is 2. The molecule has 2 aromatic carbocycles. The van der Waals surface area contributed by atoms with Crippen LogP contribution in [0.1, 0.15) is 19.4 Å². The Morgan fingerprint density at radius 1 is 1.04 bits per heavy atom. The van der Waals surface area contributed by atoms with Gasteiger partial charge in [-0.15, -0.1) is 12.4 Å². The van der Waals surface area contributed by atoms with Crippen LogP contribution < -0.4 is 5.32 Å². The maximum Gasteiger partial charge on any atom is 0.0400 e. The standard InChI is InChI=1S/C20H21N3.CH4.ClH/c1-2-4-16(5-3-1)14-23-11-9-20(15-23)22-19-7-6-18-13-21-10-8-17(18)12-19;;/h1-8,10,12-13,20,22H,9,11,14-15H2;1H4;1H/t20-;;/m1../s1. The third-order valence-electron chi connectivity index (χ3n) is 4.53. The summed E-state index contributed by atoms with van der Waals surface area (Å²) in [4.78, 5) is 6.69. The molecule has 2 heterocycles. The topological polar surface area (TPSA) is 28.2 Å². The van der Waals surface area contributed by atoms with Crippen LogP contribution >= 0.6 is 12.4 Å². The summed E-state index contributed by atoms with van der Waals surface area (Å²) in [5.74, 6) is 0. The van der Waals surface area contributed by atoms with Crippen molar-refractivity contribution in [1.82, 2.24) is 9.88 Å². The molecule has 4 rings (SSSR count). The molecule has 0 saturated carbocycles. The highest BCUT2D eigenvalue weighted by atomic mass is 35.5. The largest absolute Gasteiger partial charge is 0.381 e. The Morgan fingerprint density at radius 3 is 2.72 bits per heavy atom. The van der Waals surface area contributed by atoms with Gasteiger partial charge < -0.3 is 5.32 Å². The van der Waals surface area contributed by atoms with E-state index in [1.807, 2.05) is 12.4 Å². The number of benzene rings is 2. The SMILES string of the molecule is C.Cl.c1ccc(CN2CC[C@@H](Nc3ccc4cnccc4c3)C2)cc1. The maximum absolute atomic E-state index is 4.17. The van der Waals surface area contributed by atoms with Crippen LogP contribution in [0.4, 0.5) is 5.69 Å². The van der Waals surface area contributed by atoms with Gasteiger partial charge in [0.15, 0.2) is 0 Å². The summed E-state index contributed by atoms with van der Waals surface area (Å²) >= 11 is 0. The molecule has 3 aromatic rings. The molecule has 1 N–H and O–H groups in total. The minimum atomic E-state index is 0. The van der Waals surface area contributed by atoms with Crippen LogP contribution in [0.5, 0.6) is 0 Å². The first kappa shape index (κ1) is 19.2. The molecule has 0 amide bonds. The van der Waals surface area contributed by atoms with E-state index in [1.165, 1.54) is 28.4 Å². The van der Waals surface area contributed by atoms with E-state index in [2.05, 4.69) is 69.8 Å². The monoisotopic (exact) mass is 355 g/mol. The van der Waals surface area contributed by atoms with Crippen LogP contribution in [0.3, 0.4) is 0 Å². The van der Waals surface area contributed by atoms with E-state index in [0.29, 0.717) is 6.04 Å². The minimum Gasteiger partial charge on any atom is -0.381 e. The number of rotatable bonds is 4. The highest BCUT2D eigenvalue weighted by Gasteiger charge is 2.22. The number of nitrogens with one attached hydrogen (secondary N) is 1. The van der Waals surface area contributed by atoms with Gasteiger partial charge in [0.05, 0.1) is 0 Å². The van der Waals surface area contributed by atoms with Crippen LogP contribution in [0.25, 0.3) is 10.8 Å². The van der Waals surface area contributed by atoms with E-state index in [0.717, 1.165) is 19.6 Å². The normalized spacial score (nSPS) is 16.9. The number of aromatic nitrogens is 1. The fraction of sp³-hybridized carbons (Fsp3) is 0.286. The lowest BCUT2D eigenvalue weighted by Gasteiger charge is -2.17. The summed E-state index contributed by atoms with van der Waals surface area (Å²) in [7, 11) is 0. The molecule has 0 aliphatic carbocycles. The van der Waals surface area contributed by atoms with Crippen molar-refractivity contribution in [2.45, 2.75) is 26.4 Å². The van der Waals surface area contributed by atoms with Gasteiger partial charge in [0, 0.05) is 49.1 Å². The molecule has 1 atom stereocenters. The van der Waals surface area contributed by atoms with E-state index in [9.17, 15) is 0 Å². The Hall–Kier alpha value is -2.10. The second-order valence-corrected chi connectivity index (χ2v) is 6.29. The van der Waals surface area contributed by atoms with Crippen LogP contribution in [0, 0.1) is 0 Å². The zero-order chi connectivity index (χ0) is 15.5. The number of anilines is 1. The van der Waals surface area contributed by atoms with Crippen LogP contribution in [0.15, 0.2) is 67.0 Å². The molecule has 4 heteroatoms. The van der Waals surface area contributed by atoms with E-state index in [4.69, 9.17) is 0 Å². The molecular formula is C21H26ClN3. The predicted molar refractivity (Wildman–Crippen MR) is 109 cm³/mol. The van der Waals surface area contributed by atoms with Gasteiger partial charge in [0.1, 0.15) is 0 Å². The van der Waals surface area contributed by atoms with Gasteiger partial charge in [-0.3, -0.25) is 9.88 Å². The van der Waals surface area contributed by atoms with Crippen LogP contribution in [-0.4, -0.2) is 29.0 Å². The number of hydrogen-bond donors (Lipinski definition) is 1. The van der Waals surface area contributed by atoms with E-state index in [1.54, 1.807) is 0 Å².